The smallest absolute Gasteiger partial charge is 0.233 e. The van der Waals surface area contributed by atoms with E-state index in [-0.39, 0.29) is 11.4 Å². The number of amides is 1. The van der Waals surface area contributed by atoms with Gasteiger partial charge in [-0.25, -0.2) is 0 Å². The Labute approximate surface area is 123 Å². The summed E-state index contributed by atoms with van der Waals surface area (Å²) in [4.78, 5) is 11.7. The first kappa shape index (κ1) is 14.5. The molecule has 1 aliphatic carbocycles. The van der Waals surface area contributed by atoms with Gasteiger partial charge in [0.1, 0.15) is 0 Å². The molecule has 0 aromatic heterocycles. The maximum atomic E-state index is 11.7. The Bertz CT molecular complexity index is 426. The van der Waals surface area contributed by atoms with Crippen LogP contribution in [-0.2, 0) is 10.3 Å². The van der Waals surface area contributed by atoms with Gasteiger partial charge in [0, 0.05) is 16.6 Å². The van der Waals surface area contributed by atoms with Crippen molar-refractivity contribution in [1.29, 1.82) is 0 Å². The summed E-state index contributed by atoms with van der Waals surface area (Å²) in [6.07, 6.45) is 4.41. The van der Waals surface area contributed by atoms with Crippen LogP contribution in [0.4, 0.5) is 0 Å². The summed E-state index contributed by atoms with van der Waals surface area (Å²) >= 11 is 3.46. The fourth-order valence-corrected chi connectivity index (χ4v) is 2.71. The highest BCUT2D eigenvalue weighted by molar-refractivity contribution is 9.10. The number of rotatable bonds is 6. The van der Waals surface area contributed by atoms with Crippen molar-refractivity contribution in [3.8, 4) is 0 Å². The molecule has 0 atom stereocenters. The Hall–Kier alpha value is -0.870. The third-order valence-corrected chi connectivity index (χ3v) is 4.29. The molecule has 2 rings (SSSR count). The molecule has 104 valence electrons. The molecule has 3 nitrogen and oxygen atoms in total. The van der Waals surface area contributed by atoms with E-state index < -0.39 is 0 Å². The van der Waals surface area contributed by atoms with E-state index in [0.29, 0.717) is 6.54 Å². The number of halogens is 1. The highest BCUT2D eigenvalue weighted by atomic mass is 79.9. The lowest BCUT2D eigenvalue weighted by Crippen LogP contribution is -2.51. The minimum atomic E-state index is 0.00422. The molecule has 1 aromatic carbocycles. The zero-order chi connectivity index (χ0) is 13.7. The van der Waals surface area contributed by atoms with Gasteiger partial charge in [-0.05, 0) is 43.4 Å². The Morgan fingerprint density at radius 3 is 2.53 bits per heavy atom. The fourth-order valence-electron chi connectivity index (χ4n) is 2.44. The molecule has 4 heteroatoms. The molecule has 1 saturated carbocycles. The summed E-state index contributed by atoms with van der Waals surface area (Å²) < 4.78 is 1.09. The summed E-state index contributed by atoms with van der Waals surface area (Å²) in [6.45, 7) is 3.21. The zero-order valence-corrected chi connectivity index (χ0v) is 12.9. The molecule has 0 unspecified atom stereocenters. The molecule has 0 radical (unpaired) electrons. The van der Waals surface area contributed by atoms with Crippen LogP contribution >= 0.6 is 15.9 Å². The van der Waals surface area contributed by atoms with Crippen LogP contribution in [0.1, 0.15) is 38.2 Å². The van der Waals surface area contributed by atoms with Gasteiger partial charge in [-0.3, -0.25) is 10.1 Å². The van der Waals surface area contributed by atoms with E-state index in [9.17, 15) is 4.79 Å². The second-order valence-electron chi connectivity index (χ2n) is 5.15. The number of nitrogens with one attached hydrogen (secondary N) is 2. The van der Waals surface area contributed by atoms with Crippen LogP contribution in [0.5, 0.6) is 0 Å². The number of carbonyl (C=O) groups is 1. The first-order chi connectivity index (χ1) is 9.16. The Morgan fingerprint density at radius 1 is 1.32 bits per heavy atom. The van der Waals surface area contributed by atoms with E-state index in [0.717, 1.165) is 30.3 Å². The molecule has 0 heterocycles. The van der Waals surface area contributed by atoms with Gasteiger partial charge in [0.05, 0.1) is 6.54 Å². The first-order valence-corrected chi connectivity index (χ1v) is 7.73. The van der Waals surface area contributed by atoms with Gasteiger partial charge < -0.3 is 5.32 Å². The zero-order valence-electron chi connectivity index (χ0n) is 11.3. The SMILES string of the molecule is CCCNC(=O)CNC1(c2ccc(Br)cc2)CCC1. The van der Waals surface area contributed by atoms with E-state index in [1.165, 1.54) is 12.0 Å². The predicted molar refractivity (Wildman–Crippen MR) is 81.0 cm³/mol. The monoisotopic (exact) mass is 324 g/mol. The Kier molecular flexibility index (Phi) is 4.99. The summed E-state index contributed by atoms with van der Waals surface area (Å²) in [5.74, 6) is 0.0882. The van der Waals surface area contributed by atoms with Crippen molar-refractivity contribution in [2.75, 3.05) is 13.1 Å². The molecule has 0 saturated heterocycles. The largest absolute Gasteiger partial charge is 0.355 e. The van der Waals surface area contributed by atoms with Crippen LogP contribution in [0, 0.1) is 0 Å². The van der Waals surface area contributed by atoms with Crippen molar-refractivity contribution >= 4 is 21.8 Å². The average molecular weight is 325 g/mol. The van der Waals surface area contributed by atoms with Crippen LogP contribution in [0.2, 0.25) is 0 Å². The average Bonchev–Trinajstić information content (AvgIpc) is 2.37. The lowest BCUT2D eigenvalue weighted by Gasteiger charge is -2.43. The van der Waals surface area contributed by atoms with E-state index in [2.05, 4.69) is 57.8 Å². The molecule has 0 spiro atoms. The molecule has 2 N–H and O–H groups in total. The van der Waals surface area contributed by atoms with Gasteiger partial charge in [0.15, 0.2) is 0 Å². The quantitative estimate of drug-likeness (QED) is 0.844. The van der Waals surface area contributed by atoms with Crippen LogP contribution in [0.25, 0.3) is 0 Å². The number of hydrogen-bond acceptors (Lipinski definition) is 2. The Balaban J connectivity index is 1.95. The topological polar surface area (TPSA) is 41.1 Å². The van der Waals surface area contributed by atoms with E-state index in [1.54, 1.807) is 0 Å². The Morgan fingerprint density at radius 2 is 2.00 bits per heavy atom. The molecule has 1 fully saturated rings. The van der Waals surface area contributed by atoms with Crippen LogP contribution in [0.15, 0.2) is 28.7 Å². The second kappa shape index (κ2) is 6.53. The molecule has 1 aliphatic rings. The standard InChI is InChI=1S/C15H21BrN2O/c1-2-10-17-14(19)11-18-15(8-3-9-15)12-4-6-13(16)7-5-12/h4-7,18H,2-3,8-11H2,1H3,(H,17,19). The van der Waals surface area contributed by atoms with Gasteiger partial charge in [0.25, 0.3) is 0 Å². The number of hydrogen-bond donors (Lipinski definition) is 2. The molecule has 1 aromatic rings. The van der Waals surface area contributed by atoms with Gasteiger partial charge in [0.2, 0.25) is 5.91 Å². The molecular formula is C15H21BrN2O. The molecule has 0 bridgehead atoms. The summed E-state index contributed by atoms with van der Waals surface area (Å²) in [6, 6.07) is 8.41. The number of carbonyl (C=O) groups excluding carboxylic acids is 1. The lowest BCUT2D eigenvalue weighted by molar-refractivity contribution is -0.120. The van der Waals surface area contributed by atoms with E-state index in [1.807, 2.05) is 0 Å². The van der Waals surface area contributed by atoms with Crippen molar-refractivity contribution in [2.45, 2.75) is 38.1 Å². The first-order valence-electron chi connectivity index (χ1n) is 6.94. The van der Waals surface area contributed by atoms with Crippen LogP contribution in [-0.4, -0.2) is 19.0 Å². The van der Waals surface area contributed by atoms with Crippen LogP contribution < -0.4 is 10.6 Å². The highest BCUT2D eigenvalue weighted by Crippen LogP contribution is 2.41. The van der Waals surface area contributed by atoms with Gasteiger partial charge >= 0.3 is 0 Å². The van der Waals surface area contributed by atoms with Crippen LogP contribution in [0.3, 0.4) is 0 Å². The minimum absolute atomic E-state index is 0.00422. The summed E-state index contributed by atoms with van der Waals surface area (Å²) in [5, 5.41) is 6.35. The maximum Gasteiger partial charge on any atom is 0.233 e. The van der Waals surface area contributed by atoms with Crippen molar-refractivity contribution in [3.05, 3.63) is 34.3 Å². The van der Waals surface area contributed by atoms with Crippen molar-refractivity contribution < 1.29 is 4.79 Å². The highest BCUT2D eigenvalue weighted by Gasteiger charge is 2.38. The van der Waals surface area contributed by atoms with Gasteiger partial charge in [-0.15, -0.1) is 0 Å². The molecule has 19 heavy (non-hydrogen) atoms. The summed E-state index contributed by atoms with van der Waals surface area (Å²) in [7, 11) is 0. The fraction of sp³-hybridized carbons (Fsp3) is 0.533. The summed E-state index contributed by atoms with van der Waals surface area (Å²) in [5.41, 5.74) is 1.29. The van der Waals surface area contributed by atoms with Gasteiger partial charge in [-0.1, -0.05) is 35.0 Å². The minimum Gasteiger partial charge on any atom is -0.355 e. The lowest BCUT2D eigenvalue weighted by atomic mass is 9.72. The molecule has 0 aliphatic heterocycles. The second-order valence-corrected chi connectivity index (χ2v) is 6.06. The number of benzene rings is 1. The molecule has 1 amide bonds. The normalized spacial score (nSPS) is 16.7. The van der Waals surface area contributed by atoms with Gasteiger partial charge in [-0.2, -0.15) is 0 Å². The predicted octanol–water partition coefficient (Wildman–Crippen LogP) is 2.94. The third kappa shape index (κ3) is 3.57. The maximum absolute atomic E-state index is 11.7. The van der Waals surface area contributed by atoms with E-state index >= 15 is 0 Å². The van der Waals surface area contributed by atoms with Crippen molar-refractivity contribution in [1.82, 2.24) is 10.6 Å². The molecular weight excluding hydrogens is 304 g/mol. The third-order valence-electron chi connectivity index (χ3n) is 3.76. The van der Waals surface area contributed by atoms with Crippen molar-refractivity contribution in [2.24, 2.45) is 0 Å². The van der Waals surface area contributed by atoms with Crippen molar-refractivity contribution in [3.63, 3.8) is 0 Å². The van der Waals surface area contributed by atoms with E-state index in [4.69, 9.17) is 0 Å².